The summed E-state index contributed by atoms with van der Waals surface area (Å²) in [6, 6.07) is 1.61. The maximum atomic E-state index is 11.8. The average Bonchev–Trinajstić information content (AvgIpc) is 3.16. The minimum atomic E-state index is -0.948. The van der Waals surface area contributed by atoms with E-state index < -0.39 is 16.0 Å². The van der Waals surface area contributed by atoms with Gasteiger partial charge in [0.25, 0.3) is 0 Å². The number of anilines is 1. The minimum absolute atomic E-state index is 0.0349. The number of aromatic nitrogens is 4. The molecule has 1 saturated heterocycles. The summed E-state index contributed by atoms with van der Waals surface area (Å²) in [7, 11) is 0. The molecule has 0 saturated carbocycles. The summed E-state index contributed by atoms with van der Waals surface area (Å²) in [5.74, 6) is 0. The Hall–Kier alpha value is -3.47. The molecule has 1 aliphatic rings. The van der Waals surface area contributed by atoms with E-state index in [2.05, 4.69) is 15.0 Å². The summed E-state index contributed by atoms with van der Waals surface area (Å²) in [5, 5.41) is 11.7. The van der Waals surface area contributed by atoms with Crippen LogP contribution in [0.25, 0.3) is 16.7 Å². The number of benzene rings is 1. The molecule has 0 spiro atoms. The monoisotopic (exact) mass is 358 g/mol. The van der Waals surface area contributed by atoms with Crippen molar-refractivity contribution in [3.8, 4) is 5.69 Å². The van der Waals surface area contributed by atoms with Gasteiger partial charge in [-0.05, 0) is 6.07 Å². The molecular weight excluding hydrogens is 344 g/mol. The van der Waals surface area contributed by atoms with Gasteiger partial charge >= 0.3 is 16.8 Å². The standard InChI is InChI=1S/C15H14N6O5/c22-14-15(23)18-12-11(17-14)9(19-3-5-26-6-4-19)7-10(13(12)21(24)25)20-2-1-16-8-20/h1-2,7-8H,3-6H2,(H,17,22)(H,18,23). The summed E-state index contributed by atoms with van der Waals surface area (Å²) in [4.78, 5) is 45.5. The molecule has 26 heavy (non-hydrogen) atoms. The van der Waals surface area contributed by atoms with Crippen molar-refractivity contribution < 1.29 is 9.66 Å². The first-order valence-corrected chi connectivity index (χ1v) is 7.85. The average molecular weight is 358 g/mol. The first kappa shape index (κ1) is 16.0. The van der Waals surface area contributed by atoms with Crippen molar-refractivity contribution in [1.29, 1.82) is 0 Å². The SMILES string of the molecule is O=c1[nH]c2c(N3CCOCC3)cc(-n3ccnc3)c([N+](=O)[O-])c2[nH]c1=O. The highest BCUT2D eigenvalue weighted by Crippen LogP contribution is 2.36. The zero-order chi connectivity index (χ0) is 18.3. The fourth-order valence-electron chi connectivity index (χ4n) is 3.07. The predicted molar refractivity (Wildman–Crippen MR) is 92.0 cm³/mol. The zero-order valence-electron chi connectivity index (χ0n) is 13.5. The van der Waals surface area contributed by atoms with Gasteiger partial charge in [-0.15, -0.1) is 0 Å². The number of rotatable bonds is 3. The van der Waals surface area contributed by atoms with Gasteiger partial charge in [-0.3, -0.25) is 19.7 Å². The Bertz CT molecular complexity index is 1090. The quantitative estimate of drug-likeness (QED) is 0.386. The van der Waals surface area contributed by atoms with Crippen LogP contribution in [0.3, 0.4) is 0 Å². The van der Waals surface area contributed by atoms with Gasteiger partial charge < -0.3 is 24.2 Å². The van der Waals surface area contributed by atoms with E-state index in [0.717, 1.165) is 0 Å². The normalized spacial score (nSPS) is 14.7. The Morgan fingerprint density at radius 1 is 1.12 bits per heavy atom. The van der Waals surface area contributed by atoms with Gasteiger partial charge in [0.1, 0.15) is 11.2 Å². The number of hydrogen-bond donors (Lipinski definition) is 2. The third-order valence-electron chi connectivity index (χ3n) is 4.26. The number of nitro benzene ring substituents is 1. The lowest BCUT2D eigenvalue weighted by molar-refractivity contribution is -0.383. The number of hydrogen-bond acceptors (Lipinski definition) is 7. The molecule has 0 bridgehead atoms. The fourth-order valence-corrected chi connectivity index (χ4v) is 3.07. The summed E-state index contributed by atoms with van der Waals surface area (Å²) in [6.07, 6.45) is 4.50. The van der Waals surface area contributed by atoms with Crippen LogP contribution < -0.4 is 16.0 Å². The van der Waals surface area contributed by atoms with Gasteiger partial charge in [-0.1, -0.05) is 0 Å². The van der Waals surface area contributed by atoms with Crippen molar-refractivity contribution in [1.82, 2.24) is 19.5 Å². The van der Waals surface area contributed by atoms with Crippen LogP contribution in [0.15, 0.2) is 34.4 Å². The Morgan fingerprint density at radius 2 is 1.81 bits per heavy atom. The number of morpholine rings is 1. The fraction of sp³-hybridized carbons (Fsp3) is 0.267. The highest BCUT2D eigenvalue weighted by atomic mass is 16.6. The van der Waals surface area contributed by atoms with E-state index in [0.29, 0.717) is 32.0 Å². The maximum absolute atomic E-state index is 11.8. The van der Waals surface area contributed by atoms with Crippen LogP contribution >= 0.6 is 0 Å². The van der Waals surface area contributed by atoms with Crippen molar-refractivity contribution in [3.05, 3.63) is 55.6 Å². The van der Waals surface area contributed by atoms with E-state index in [4.69, 9.17) is 4.74 Å². The highest BCUT2D eigenvalue weighted by molar-refractivity contribution is 5.98. The Balaban J connectivity index is 2.11. The minimum Gasteiger partial charge on any atom is -0.378 e. The molecule has 1 aliphatic heterocycles. The molecule has 0 amide bonds. The van der Waals surface area contributed by atoms with Crippen molar-refractivity contribution in [2.75, 3.05) is 31.2 Å². The zero-order valence-corrected chi connectivity index (χ0v) is 13.5. The van der Waals surface area contributed by atoms with Crippen LogP contribution in [0.2, 0.25) is 0 Å². The van der Waals surface area contributed by atoms with Crippen LogP contribution in [0.5, 0.6) is 0 Å². The molecule has 11 heteroatoms. The predicted octanol–water partition coefficient (Wildman–Crippen LogP) is 0.147. The van der Waals surface area contributed by atoms with Gasteiger partial charge in [-0.2, -0.15) is 0 Å². The molecular formula is C15H14N6O5. The number of nitrogens with one attached hydrogen (secondary N) is 2. The summed E-state index contributed by atoms with van der Waals surface area (Å²) < 4.78 is 6.84. The van der Waals surface area contributed by atoms with E-state index in [1.165, 1.54) is 17.1 Å². The van der Waals surface area contributed by atoms with Crippen LogP contribution in [0, 0.1) is 10.1 Å². The van der Waals surface area contributed by atoms with Gasteiger partial charge in [-0.25, -0.2) is 4.98 Å². The van der Waals surface area contributed by atoms with E-state index in [1.54, 1.807) is 12.3 Å². The number of nitro groups is 1. The maximum Gasteiger partial charge on any atom is 0.318 e. The largest absolute Gasteiger partial charge is 0.378 e. The molecule has 2 N–H and O–H groups in total. The second-order valence-electron chi connectivity index (χ2n) is 5.75. The van der Waals surface area contributed by atoms with E-state index in [-0.39, 0.29) is 22.4 Å². The van der Waals surface area contributed by atoms with Crippen LogP contribution in [0.1, 0.15) is 0 Å². The first-order valence-electron chi connectivity index (χ1n) is 7.85. The Kier molecular flexibility index (Phi) is 3.77. The van der Waals surface area contributed by atoms with Crippen LogP contribution in [-0.4, -0.2) is 50.7 Å². The molecule has 0 atom stereocenters. The highest BCUT2D eigenvalue weighted by Gasteiger charge is 2.27. The van der Waals surface area contributed by atoms with E-state index in [9.17, 15) is 19.7 Å². The number of ether oxygens (including phenoxy) is 1. The topological polar surface area (TPSA) is 139 Å². The molecule has 0 aliphatic carbocycles. The van der Waals surface area contributed by atoms with Crippen molar-refractivity contribution in [2.24, 2.45) is 0 Å². The van der Waals surface area contributed by atoms with Gasteiger partial charge in [0.05, 0.1) is 35.7 Å². The number of H-pyrrole nitrogens is 2. The number of imidazole rings is 1. The number of nitrogens with zero attached hydrogens (tertiary/aromatic N) is 4. The third-order valence-corrected chi connectivity index (χ3v) is 4.26. The summed E-state index contributed by atoms with van der Waals surface area (Å²) in [5.41, 5.74) is -1.13. The second-order valence-corrected chi connectivity index (χ2v) is 5.75. The first-order chi connectivity index (χ1) is 12.6. The molecule has 2 aromatic heterocycles. The summed E-state index contributed by atoms with van der Waals surface area (Å²) in [6.45, 7) is 2.09. The molecule has 1 fully saturated rings. The third kappa shape index (κ3) is 2.54. The lowest BCUT2D eigenvalue weighted by Gasteiger charge is -2.30. The van der Waals surface area contributed by atoms with Gasteiger partial charge in [0, 0.05) is 25.5 Å². The van der Waals surface area contributed by atoms with Crippen molar-refractivity contribution in [2.45, 2.75) is 0 Å². The second kappa shape index (κ2) is 6.11. The molecule has 1 aromatic carbocycles. The van der Waals surface area contributed by atoms with Gasteiger partial charge in [0.15, 0.2) is 0 Å². The molecule has 4 rings (SSSR count). The van der Waals surface area contributed by atoms with E-state index >= 15 is 0 Å². The molecule has 11 nitrogen and oxygen atoms in total. The molecule has 134 valence electrons. The lowest BCUT2D eigenvalue weighted by atomic mass is 10.1. The smallest absolute Gasteiger partial charge is 0.318 e. The Morgan fingerprint density at radius 3 is 2.42 bits per heavy atom. The van der Waals surface area contributed by atoms with Crippen molar-refractivity contribution >= 4 is 22.4 Å². The Labute approximate surface area is 145 Å². The molecule has 0 radical (unpaired) electrons. The van der Waals surface area contributed by atoms with Crippen LogP contribution in [-0.2, 0) is 4.74 Å². The lowest BCUT2D eigenvalue weighted by Crippen LogP contribution is -2.37. The van der Waals surface area contributed by atoms with Crippen LogP contribution in [0.4, 0.5) is 11.4 Å². The van der Waals surface area contributed by atoms with Crippen molar-refractivity contribution in [3.63, 3.8) is 0 Å². The van der Waals surface area contributed by atoms with Gasteiger partial charge in [0.2, 0.25) is 0 Å². The van der Waals surface area contributed by atoms with E-state index in [1.807, 2.05) is 4.90 Å². The number of aromatic amines is 2. The molecule has 3 heterocycles. The molecule has 0 unspecified atom stereocenters. The molecule has 3 aromatic rings. The summed E-state index contributed by atoms with van der Waals surface area (Å²) >= 11 is 0. The number of fused-ring (bicyclic) bond motifs is 1.